The molecule has 0 heterocycles. The normalized spacial score (nSPS) is 13.3. The van der Waals surface area contributed by atoms with E-state index in [1.807, 2.05) is 6.07 Å². The van der Waals surface area contributed by atoms with E-state index in [1.165, 1.54) is 6.92 Å². The molecular formula is C13H16BrNO5. The van der Waals surface area contributed by atoms with Crippen molar-refractivity contribution in [2.24, 2.45) is 0 Å². The second kappa shape index (κ2) is 7.86. The summed E-state index contributed by atoms with van der Waals surface area (Å²) in [7, 11) is 0. The second-order valence-electron chi connectivity index (χ2n) is 4.18. The minimum atomic E-state index is -1.31. The number of carboxylic acid groups (broad SMARTS) is 1. The highest BCUT2D eigenvalue weighted by atomic mass is 79.9. The molecule has 2 atom stereocenters. The van der Waals surface area contributed by atoms with Gasteiger partial charge in [-0.25, -0.2) is 4.79 Å². The van der Waals surface area contributed by atoms with Crippen molar-refractivity contribution in [3.8, 4) is 5.75 Å². The van der Waals surface area contributed by atoms with Crippen LogP contribution in [0.3, 0.4) is 0 Å². The van der Waals surface area contributed by atoms with Crippen LogP contribution in [0.4, 0.5) is 0 Å². The predicted octanol–water partition coefficient (Wildman–Crippen LogP) is 1.17. The highest BCUT2D eigenvalue weighted by Gasteiger charge is 2.24. The van der Waals surface area contributed by atoms with Gasteiger partial charge in [0.1, 0.15) is 5.75 Å². The second-order valence-corrected chi connectivity index (χ2v) is 5.10. The van der Waals surface area contributed by atoms with Crippen LogP contribution in [0.1, 0.15) is 13.3 Å². The third-order valence-corrected chi connectivity index (χ3v) is 2.95. The molecule has 3 N–H and O–H groups in total. The molecule has 0 aliphatic carbocycles. The van der Waals surface area contributed by atoms with Gasteiger partial charge in [-0.3, -0.25) is 4.79 Å². The minimum absolute atomic E-state index is 0.00299. The number of benzene rings is 1. The zero-order chi connectivity index (χ0) is 15.1. The topological polar surface area (TPSA) is 95.9 Å². The number of carbonyl (C=O) groups excluding carboxylic acids is 1. The van der Waals surface area contributed by atoms with E-state index < -0.39 is 24.0 Å². The van der Waals surface area contributed by atoms with Crippen LogP contribution in [0.25, 0.3) is 0 Å². The number of amides is 1. The third kappa shape index (κ3) is 5.58. The fraction of sp³-hybridized carbons (Fsp3) is 0.385. The molecule has 1 aromatic carbocycles. The lowest BCUT2D eigenvalue weighted by atomic mass is 10.2. The Kier molecular flexibility index (Phi) is 6.47. The zero-order valence-electron chi connectivity index (χ0n) is 10.9. The highest BCUT2D eigenvalue weighted by molar-refractivity contribution is 9.10. The molecule has 0 aromatic heterocycles. The van der Waals surface area contributed by atoms with Crippen LogP contribution in [0.2, 0.25) is 0 Å². The van der Waals surface area contributed by atoms with Crippen LogP contribution in [-0.4, -0.2) is 40.8 Å². The molecule has 0 saturated carbocycles. The molecule has 1 amide bonds. The lowest BCUT2D eigenvalue weighted by molar-refractivity contribution is -0.144. The van der Waals surface area contributed by atoms with Crippen molar-refractivity contribution in [3.63, 3.8) is 0 Å². The smallest absolute Gasteiger partial charge is 0.328 e. The maximum Gasteiger partial charge on any atom is 0.328 e. The summed E-state index contributed by atoms with van der Waals surface area (Å²) in [6, 6.07) is 5.84. The van der Waals surface area contributed by atoms with E-state index in [1.54, 1.807) is 18.2 Å². The lowest BCUT2D eigenvalue weighted by Gasteiger charge is -2.17. The Morgan fingerprint density at radius 1 is 1.45 bits per heavy atom. The molecule has 0 aliphatic rings. The van der Waals surface area contributed by atoms with Gasteiger partial charge in [-0.05, 0) is 25.1 Å². The van der Waals surface area contributed by atoms with Crippen LogP contribution < -0.4 is 10.1 Å². The molecule has 2 unspecified atom stereocenters. The van der Waals surface area contributed by atoms with Crippen LogP contribution in [0, 0.1) is 0 Å². The summed E-state index contributed by atoms with van der Waals surface area (Å²) in [4.78, 5) is 22.3. The van der Waals surface area contributed by atoms with E-state index >= 15 is 0 Å². The first-order valence-electron chi connectivity index (χ1n) is 5.98. The average Bonchev–Trinajstić information content (AvgIpc) is 2.35. The molecule has 1 aromatic rings. The number of hydrogen-bond donors (Lipinski definition) is 3. The van der Waals surface area contributed by atoms with Crippen LogP contribution in [0.15, 0.2) is 28.7 Å². The van der Waals surface area contributed by atoms with Gasteiger partial charge in [0, 0.05) is 4.47 Å². The molecule has 0 aliphatic heterocycles. The number of aliphatic carboxylic acids is 1. The molecule has 1 rings (SSSR count). The molecule has 20 heavy (non-hydrogen) atoms. The molecule has 7 heteroatoms. The number of halogens is 1. The summed E-state index contributed by atoms with van der Waals surface area (Å²) in [5.74, 6) is -1.16. The summed E-state index contributed by atoms with van der Waals surface area (Å²) < 4.78 is 6.22. The van der Waals surface area contributed by atoms with Crippen molar-refractivity contribution in [2.75, 3.05) is 6.61 Å². The van der Waals surface area contributed by atoms with Gasteiger partial charge in [-0.2, -0.15) is 0 Å². The average molecular weight is 346 g/mol. The molecule has 0 radical (unpaired) electrons. The predicted molar refractivity (Wildman–Crippen MR) is 75.5 cm³/mol. The van der Waals surface area contributed by atoms with Crippen molar-refractivity contribution in [2.45, 2.75) is 25.5 Å². The third-order valence-electron chi connectivity index (χ3n) is 2.46. The van der Waals surface area contributed by atoms with Crippen LogP contribution in [-0.2, 0) is 9.59 Å². The van der Waals surface area contributed by atoms with E-state index in [9.17, 15) is 14.7 Å². The minimum Gasteiger partial charge on any atom is -0.493 e. The van der Waals surface area contributed by atoms with Crippen LogP contribution in [0.5, 0.6) is 5.75 Å². The monoisotopic (exact) mass is 345 g/mol. The van der Waals surface area contributed by atoms with Gasteiger partial charge in [0.2, 0.25) is 5.91 Å². The van der Waals surface area contributed by atoms with Gasteiger partial charge in [0.15, 0.2) is 6.04 Å². The molecule has 0 bridgehead atoms. The Bertz CT molecular complexity index is 478. The van der Waals surface area contributed by atoms with Gasteiger partial charge < -0.3 is 20.3 Å². The fourth-order valence-corrected chi connectivity index (χ4v) is 1.83. The summed E-state index contributed by atoms with van der Waals surface area (Å²) in [6.07, 6.45) is -1.16. The first-order valence-corrected chi connectivity index (χ1v) is 6.78. The molecule has 0 spiro atoms. The molecule has 0 fully saturated rings. The number of hydrogen-bond acceptors (Lipinski definition) is 4. The number of aliphatic hydroxyl groups is 1. The first kappa shape index (κ1) is 16.5. The standard InChI is InChI=1S/C13H16BrNO5/c1-8(16)12(13(18)19)15-11(17)5-6-20-10-4-2-3-9(14)7-10/h2-4,7-8,12,16H,5-6H2,1H3,(H,15,17)(H,18,19). The van der Waals surface area contributed by atoms with E-state index in [2.05, 4.69) is 21.2 Å². The number of aliphatic hydroxyl groups excluding tert-OH is 1. The van der Waals surface area contributed by atoms with Crippen molar-refractivity contribution in [1.29, 1.82) is 0 Å². The summed E-state index contributed by atoms with van der Waals surface area (Å²) in [6.45, 7) is 1.42. The Balaban J connectivity index is 2.38. The number of carbonyl (C=O) groups is 2. The van der Waals surface area contributed by atoms with Gasteiger partial charge in [0.05, 0.1) is 19.1 Å². The van der Waals surface area contributed by atoms with Gasteiger partial charge in [-0.1, -0.05) is 22.0 Å². The SMILES string of the molecule is CC(O)C(NC(=O)CCOc1cccc(Br)c1)C(=O)O. The first-order chi connectivity index (χ1) is 9.40. The maximum absolute atomic E-state index is 11.5. The largest absolute Gasteiger partial charge is 0.493 e. The number of ether oxygens (including phenoxy) is 1. The highest BCUT2D eigenvalue weighted by Crippen LogP contribution is 2.17. The van der Waals surface area contributed by atoms with Gasteiger partial charge in [-0.15, -0.1) is 0 Å². The van der Waals surface area contributed by atoms with E-state index in [-0.39, 0.29) is 13.0 Å². The maximum atomic E-state index is 11.5. The molecule has 0 saturated heterocycles. The Hall–Kier alpha value is -1.60. The Labute approximate surface area is 124 Å². The van der Waals surface area contributed by atoms with Gasteiger partial charge >= 0.3 is 5.97 Å². The van der Waals surface area contributed by atoms with Crippen molar-refractivity contribution in [3.05, 3.63) is 28.7 Å². The summed E-state index contributed by atoms with van der Waals surface area (Å²) in [5, 5.41) is 20.3. The zero-order valence-corrected chi connectivity index (χ0v) is 12.5. The van der Waals surface area contributed by atoms with Crippen molar-refractivity contribution in [1.82, 2.24) is 5.32 Å². The quantitative estimate of drug-likeness (QED) is 0.689. The number of carboxylic acids is 1. The summed E-state index contributed by atoms with van der Waals surface area (Å²) >= 11 is 3.30. The van der Waals surface area contributed by atoms with Crippen LogP contribution >= 0.6 is 15.9 Å². The Morgan fingerprint density at radius 2 is 2.15 bits per heavy atom. The van der Waals surface area contributed by atoms with E-state index in [0.717, 1.165) is 4.47 Å². The molecule has 110 valence electrons. The fourth-order valence-electron chi connectivity index (χ4n) is 1.45. The van der Waals surface area contributed by atoms with E-state index in [4.69, 9.17) is 9.84 Å². The molecular weight excluding hydrogens is 330 g/mol. The number of rotatable bonds is 7. The van der Waals surface area contributed by atoms with E-state index in [0.29, 0.717) is 5.75 Å². The van der Waals surface area contributed by atoms with Crippen molar-refractivity contribution >= 4 is 27.8 Å². The Morgan fingerprint density at radius 3 is 2.70 bits per heavy atom. The van der Waals surface area contributed by atoms with Gasteiger partial charge in [0.25, 0.3) is 0 Å². The lowest BCUT2D eigenvalue weighted by Crippen LogP contribution is -2.47. The summed E-state index contributed by atoms with van der Waals surface area (Å²) in [5.41, 5.74) is 0. The molecule has 6 nitrogen and oxygen atoms in total. The number of nitrogens with one attached hydrogen (secondary N) is 1. The van der Waals surface area contributed by atoms with Crippen molar-refractivity contribution < 1.29 is 24.5 Å².